The van der Waals surface area contributed by atoms with Crippen LogP contribution in [-0.2, 0) is 0 Å². The predicted molar refractivity (Wildman–Crippen MR) is 101 cm³/mol. The lowest BCUT2D eigenvalue weighted by Crippen LogP contribution is -2.62. The van der Waals surface area contributed by atoms with Crippen LogP contribution in [0.4, 0.5) is 13.2 Å². The summed E-state index contributed by atoms with van der Waals surface area (Å²) < 4.78 is 42.3. The molecule has 1 aliphatic carbocycles. The molecule has 0 spiro atoms. The topological polar surface area (TPSA) is 52.9 Å². The number of aliphatic hydroxyl groups is 1. The maximum atomic E-state index is 14.1. The van der Waals surface area contributed by atoms with Crippen LogP contribution in [0.15, 0.2) is 29.4 Å². The van der Waals surface area contributed by atoms with E-state index in [-0.39, 0.29) is 34.0 Å². The van der Waals surface area contributed by atoms with E-state index in [1.165, 1.54) is 12.1 Å². The molecule has 1 heterocycles. The van der Waals surface area contributed by atoms with E-state index >= 15 is 0 Å². The molecule has 1 fully saturated rings. The zero-order chi connectivity index (χ0) is 20.9. The monoisotopic (exact) mass is 396 g/mol. The zero-order valence-corrected chi connectivity index (χ0v) is 16.7. The van der Waals surface area contributed by atoms with Crippen molar-refractivity contribution in [2.45, 2.75) is 65.3 Å². The van der Waals surface area contributed by atoms with Gasteiger partial charge in [0.2, 0.25) is 0 Å². The lowest BCUT2D eigenvalue weighted by molar-refractivity contribution is -0.314. The molecular formula is C21H27F3N2O2. The van der Waals surface area contributed by atoms with Crippen molar-refractivity contribution >= 4 is 11.6 Å². The van der Waals surface area contributed by atoms with Gasteiger partial charge in [-0.25, -0.2) is 0 Å². The lowest BCUT2D eigenvalue weighted by Gasteiger charge is -2.43. The molecule has 0 radical (unpaired) electrons. The van der Waals surface area contributed by atoms with E-state index in [0.717, 1.165) is 12.0 Å². The normalized spacial score (nSPS) is 28.1. The van der Waals surface area contributed by atoms with Gasteiger partial charge in [0.1, 0.15) is 0 Å². The maximum absolute atomic E-state index is 14.1. The van der Waals surface area contributed by atoms with Gasteiger partial charge in [-0.2, -0.15) is 23.3 Å². The molecule has 0 saturated heterocycles. The van der Waals surface area contributed by atoms with E-state index in [0.29, 0.717) is 12.8 Å². The number of benzene rings is 1. The van der Waals surface area contributed by atoms with Crippen LogP contribution in [0.25, 0.3) is 0 Å². The number of alkyl halides is 3. The largest absolute Gasteiger partial charge is 0.439 e. The van der Waals surface area contributed by atoms with Gasteiger partial charge in [0.15, 0.2) is 0 Å². The Morgan fingerprint density at radius 1 is 1.36 bits per heavy atom. The highest BCUT2D eigenvalue weighted by Gasteiger charge is 2.69. The van der Waals surface area contributed by atoms with E-state index < -0.39 is 23.7 Å². The fourth-order valence-corrected chi connectivity index (χ4v) is 4.32. The molecule has 0 bridgehead atoms. The summed E-state index contributed by atoms with van der Waals surface area (Å²) in [7, 11) is 0. The molecule has 3 atom stereocenters. The van der Waals surface area contributed by atoms with Gasteiger partial charge in [0.05, 0.1) is 5.92 Å². The third kappa shape index (κ3) is 3.23. The second-order valence-electron chi connectivity index (χ2n) is 8.67. The van der Waals surface area contributed by atoms with Crippen LogP contribution in [0.1, 0.15) is 62.4 Å². The SMILES string of the molecule is CCC(C)(C)[C@@H]1CCC2=NN(C(=O)c3cccc(C)c3)[C@](O)(C(F)(F)F)[C@@H]2C1. The number of hydrogen-bond donors (Lipinski definition) is 1. The quantitative estimate of drug-likeness (QED) is 0.789. The maximum Gasteiger partial charge on any atom is 0.439 e. The second-order valence-corrected chi connectivity index (χ2v) is 8.67. The summed E-state index contributed by atoms with van der Waals surface area (Å²) in [5.74, 6) is -2.15. The Labute approximate surface area is 163 Å². The van der Waals surface area contributed by atoms with Crippen LogP contribution in [0.2, 0.25) is 0 Å². The number of halogens is 3. The summed E-state index contributed by atoms with van der Waals surface area (Å²) in [5, 5.41) is 15.2. The molecule has 2 aliphatic rings. The van der Waals surface area contributed by atoms with E-state index in [1.54, 1.807) is 19.1 Å². The Bertz CT molecular complexity index is 803. The number of aryl methyl sites for hydroxylation is 1. The highest BCUT2D eigenvalue weighted by Crippen LogP contribution is 2.52. The predicted octanol–water partition coefficient (Wildman–Crippen LogP) is 4.91. The molecule has 1 aliphatic heterocycles. The summed E-state index contributed by atoms with van der Waals surface area (Å²) >= 11 is 0. The third-order valence-electron chi connectivity index (χ3n) is 6.60. The molecule has 7 heteroatoms. The molecule has 1 amide bonds. The number of carbonyl (C=O) groups excluding carboxylic acids is 1. The summed E-state index contributed by atoms with van der Waals surface area (Å²) in [6, 6.07) is 6.30. The average Bonchev–Trinajstić information content (AvgIpc) is 2.94. The minimum absolute atomic E-state index is 0.0179. The van der Waals surface area contributed by atoms with Crippen molar-refractivity contribution < 1.29 is 23.1 Å². The summed E-state index contributed by atoms with van der Waals surface area (Å²) in [4.78, 5) is 12.9. The Hall–Kier alpha value is -1.89. The van der Waals surface area contributed by atoms with Crippen molar-refractivity contribution in [1.82, 2.24) is 5.01 Å². The van der Waals surface area contributed by atoms with Gasteiger partial charge in [0.25, 0.3) is 11.6 Å². The van der Waals surface area contributed by atoms with Gasteiger partial charge < -0.3 is 5.11 Å². The number of nitrogens with zero attached hydrogens (tertiary/aromatic N) is 2. The van der Waals surface area contributed by atoms with Crippen LogP contribution in [0.3, 0.4) is 0 Å². The first-order valence-corrected chi connectivity index (χ1v) is 9.69. The molecule has 1 N–H and O–H groups in total. The smallest absolute Gasteiger partial charge is 0.362 e. The van der Waals surface area contributed by atoms with E-state index in [1.807, 2.05) is 20.8 Å². The number of hydrogen-bond acceptors (Lipinski definition) is 3. The van der Waals surface area contributed by atoms with Crippen molar-refractivity contribution in [1.29, 1.82) is 0 Å². The van der Waals surface area contributed by atoms with E-state index in [9.17, 15) is 23.1 Å². The Balaban J connectivity index is 2.01. The van der Waals surface area contributed by atoms with Crippen molar-refractivity contribution in [2.24, 2.45) is 22.4 Å². The summed E-state index contributed by atoms with van der Waals surface area (Å²) in [6.07, 6.45) is -2.97. The summed E-state index contributed by atoms with van der Waals surface area (Å²) in [5.41, 5.74) is -2.37. The molecule has 3 rings (SSSR count). The van der Waals surface area contributed by atoms with Crippen molar-refractivity contribution in [2.75, 3.05) is 0 Å². The Kier molecular flexibility index (Phi) is 5.11. The Morgan fingerprint density at radius 3 is 2.61 bits per heavy atom. The molecule has 1 aromatic rings. The fraction of sp³-hybridized carbons (Fsp3) is 0.619. The minimum atomic E-state index is -5.01. The number of fused-ring (bicyclic) bond motifs is 1. The van der Waals surface area contributed by atoms with Gasteiger partial charge in [-0.3, -0.25) is 4.79 Å². The van der Waals surface area contributed by atoms with Crippen molar-refractivity contribution in [3.05, 3.63) is 35.4 Å². The van der Waals surface area contributed by atoms with Gasteiger partial charge in [-0.05, 0) is 49.7 Å². The number of rotatable bonds is 3. The highest BCUT2D eigenvalue weighted by atomic mass is 19.4. The molecule has 0 unspecified atom stereocenters. The molecule has 28 heavy (non-hydrogen) atoms. The molecule has 4 nitrogen and oxygen atoms in total. The van der Waals surface area contributed by atoms with Gasteiger partial charge in [-0.1, -0.05) is 44.9 Å². The van der Waals surface area contributed by atoms with Crippen molar-refractivity contribution in [3.63, 3.8) is 0 Å². The van der Waals surface area contributed by atoms with Crippen LogP contribution in [-0.4, -0.2) is 33.6 Å². The number of amides is 1. The standard InChI is InChI=1S/C21H27F3N2O2/c1-5-19(3,4)15-9-10-17-16(12-15)20(28,21(22,23)24)26(25-17)18(27)14-8-6-7-13(2)11-14/h6-8,11,15-16,28H,5,9-10,12H2,1-4H3/t15-,16-,20-/m1/s1. The highest BCUT2D eigenvalue weighted by molar-refractivity contribution is 5.99. The molecule has 0 aromatic heterocycles. The van der Waals surface area contributed by atoms with Crippen LogP contribution >= 0.6 is 0 Å². The molecule has 154 valence electrons. The van der Waals surface area contributed by atoms with Crippen LogP contribution in [0, 0.1) is 24.2 Å². The molecule has 1 saturated carbocycles. The number of hydrazone groups is 1. The van der Waals surface area contributed by atoms with Gasteiger partial charge in [0, 0.05) is 11.3 Å². The van der Waals surface area contributed by atoms with Crippen LogP contribution in [0.5, 0.6) is 0 Å². The van der Waals surface area contributed by atoms with E-state index in [4.69, 9.17) is 0 Å². The lowest BCUT2D eigenvalue weighted by atomic mass is 9.64. The van der Waals surface area contributed by atoms with Crippen LogP contribution < -0.4 is 0 Å². The molecular weight excluding hydrogens is 369 g/mol. The minimum Gasteiger partial charge on any atom is -0.362 e. The second kappa shape index (κ2) is 6.87. The first kappa shape index (κ1) is 20.8. The van der Waals surface area contributed by atoms with Gasteiger partial charge >= 0.3 is 6.18 Å². The number of carbonyl (C=O) groups is 1. The Morgan fingerprint density at radius 2 is 2.04 bits per heavy atom. The summed E-state index contributed by atoms with van der Waals surface area (Å²) in [6.45, 7) is 7.84. The third-order valence-corrected chi connectivity index (χ3v) is 6.60. The average molecular weight is 396 g/mol. The van der Waals surface area contributed by atoms with Crippen molar-refractivity contribution in [3.8, 4) is 0 Å². The fourth-order valence-electron chi connectivity index (χ4n) is 4.32. The zero-order valence-electron chi connectivity index (χ0n) is 16.7. The first-order valence-electron chi connectivity index (χ1n) is 9.69. The van der Waals surface area contributed by atoms with Gasteiger partial charge in [-0.15, -0.1) is 0 Å². The first-order chi connectivity index (χ1) is 12.9. The molecule has 1 aromatic carbocycles. The van der Waals surface area contributed by atoms with E-state index in [2.05, 4.69) is 5.10 Å².